The lowest BCUT2D eigenvalue weighted by atomic mass is 10.1. The van der Waals surface area contributed by atoms with Gasteiger partial charge in [-0.05, 0) is 47.5 Å². The Morgan fingerprint density at radius 1 is 1.47 bits per heavy atom. The summed E-state index contributed by atoms with van der Waals surface area (Å²) in [5, 5.41) is 7.90. The smallest absolute Gasteiger partial charge is 0.0779 e. The van der Waals surface area contributed by atoms with E-state index in [1.807, 2.05) is 10.9 Å². The fourth-order valence-electron chi connectivity index (χ4n) is 2.38. The molecule has 1 atom stereocenters. The van der Waals surface area contributed by atoms with E-state index < -0.39 is 0 Å². The first kappa shape index (κ1) is 14.5. The van der Waals surface area contributed by atoms with Crippen molar-refractivity contribution in [1.29, 1.82) is 0 Å². The van der Waals surface area contributed by atoms with Gasteiger partial charge in [0.25, 0.3) is 0 Å². The molecular weight excluding hydrogens is 238 g/mol. The van der Waals surface area contributed by atoms with E-state index in [0.29, 0.717) is 6.10 Å². The quantitative estimate of drug-likeness (QED) is 0.910. The van der Waals surface area contributed by atoms with Crippen LogP contribution in [-0.4, -0.2) is 27.0 Å². The molecule has 108 valence electrons. The van der Waals surface area contributed by atoms with Crippen LogP contribution in [0.15, 0.2) is 12.4 Å². The van der Waals surface area contributed by atoms with Crippen LogP contribution >= 0.6 is 0 Å². The van der Waals surface area contributed by atoms with E-state index in [1.165, 1.54) is 5.56 Å². The van der Waals surface area contributed by atoms with Gasteiger partial charge in [0.05, 0.1) is 24.4 Å². The third-order valence-corrected chi connectivity index (χ3v) is 3.45. The Kier molecular flexibility index (Phi) is 4.02. The molecule has 1 fully saturated rings. The lowest BCUT2D eigenvalue weighted by Crippen LogP contribution is -2.34. The molecule has 0 bridgehead atoms. The number of aromatic nitrogens is 2. The Morgan fingerprint density at radius 3 is 2.79 bits per heavy atom. The van der Waals surface area contributed by atoms with Crippen molar-refractivity contribution in [3.63, 3.8) is 0 Å². The maximum absolute atomic E-state index is 6.00. The molecule has 1 aromatic heterocycles. The molecule has 0 radical (unpaired) electrons. The van der Waals surface area contributed by atoms with E-state index >= 15 is 0 Å². The highest BCUT2D eigenvalue weighted by Gasteiger charge is 2.31. The maximum Gasteiger partial charge on any atom is 0.0779 e. The normalized spacial score (nSPS) is 22.9. The topological polar surface area (TPSA) is 39.1 Å². The largest absolute Gasteiger partial charge is 0.370 e. The Hall–Kier alpha value is -0.870. The Labute approximate surface area is 116 Å². The van der Waals surface area contributed by atoms with Gasteiger partial charge in [0, 0.05) is 23.8 Å². The predicted octanol–water partition coefficient (Wildman–Crippen LogP) is 2.73. The molecule has 4 heteroatoms. The van der Waals surface area contributed by atoms with Crippen molar-refractivity contribution in [2.75, 3.05) is 0 Å². The van der Waals surface area contributed by atoms with Crippen molar-refractivity contribution in [2.45, 2.75) is 77.8 Å². The first-order valence-corrected chi connectivity index (χ1v) is 7.18. The van der Waals surface area contributed by atoms with Crippen molar-refractivity contribution in [1.82, 2.24) is 15.1 Å². The van der Waals surface area contributed by atoms with Crippen LogP contribution in [0.2, 0.25) is 0 Å². The second kappa shape index (κ2) is 5.25. The number of nitrogens with one attached hydrogen (secondary N) is 1. The van der Waals surface area contributed by atoms with Gasteiger partial charge in [-0.2, -0.15) is 5.10 Å². The molecule has 0 saturated carbocycles. The van der Waals surface area contributed by atoms with Gasteiger partial charge >= 0.3 is 0 Å². The zero-order chi connectivity index (χ0) is 14.1. The standard InChI is InChI=1S/C15H27N3O/c1-14(2,3)16-8-12-9-17-18(10-12)11-13-6-7-15(4,5)19-13/h9-10,13,16H,6-8,11H2,1-5H3. The Morgan fingerprint density at radius 2 is 2.21 bits per heavy atom. The molecule has 2 heterocycles. The summed E-state index contributed by atoms with van der Waals surface area (Å²) in [6.07, 6.45) is 6.63. The predicted molar refractivity (Wildman–Crippen MR) is 77.0 cm³/mol. The van der Waals surface area contributed by atoms with E-state index in [9.17, 15) is 0 Å². The minimum Gasteiger partial charge on any atom is -0.370 e. The van der Waals surface area contributed by atoms with Crippen LogP contribution in [0.25, 0.3) is 0 Å². The zero-order valence-electron chi connectivity index (χ0n) is 12.9. The summed E-state index contributed by atoms with van der Waals surface area (Å²) >= 11 is 0. The lowest BCUT2D eigenvalue weighted by Gasteiger charge is -2.20. The molecule has 4 nitrogen and oxygen atoms in total. The molecule has 0 amide bonds. The van der Waals surface area contributed by atoms with Gasteiger partial charge in [0.15, 0.2) is 0 Å². The molecule has 2 rings (SSSR count). The molecule has 1 saturated heterocycles. The van der Waals surface area contributed by atoms with Crippen LogP contribution in [-0.2, 0) is 17.8 Å². The Bertz CT molecular complexity index is 417. The maximum atomic E-state index is 6.00. The number of nitrogens with zero attached hydrogens (tertiary/aromatic N) is 2. The Balaban J connectivity index is 1.84. The molecule has 0 aliphatic carbocycles. The van der Waals surface area contributed by atoms with Crippen molar-refractivity contribution in [3.05, 3.63) is 18.0 Å². The van der Waals surface area contributed by atoms with E-state index in [2.05, 4.69) is 51.2 Å². The van der Waals surface area contributed by atoms with Gasteiger partial charge in [-0.25, -0.2) is 0 Å². The number of rotatable bonds is 4. The molecular formula is C15H27N3O. The van der Waals surface area contributed by atoms with E-state index in [-0.39, 0.29) is 11.1 Å². The van der Waals surface area contributed by atoms with Gasteiger partial charge in [0.2, 0.25) is 0 Å². The van der Waals surface area contributed by atoms with E-state index in [0.717, 1.165) is 25.9 Å². The van der Waals surface area contributed by atoms with Crippen LogP contribution in [0, 0.1) is 0 Å². The van der Waals surface area contributed by atoms with Crippen molar-refractivity contribution >= 4 is 0 Å². The summed E-state index contributed by atoms with van der Waals surface area (Å²) in [5.41, 5.74) is 1.40. The average molecular weight is 265 g/mol. The first-order chi connectivity index (χ1) is 8.73. The van der Waals surface area contributed by atoms with Crippen LogP contribution in [0.5, 0.6) is 0 Å². The molecule has 1 N–H and O–H groups in total. The summed E-state index contributed by atoms with van der Waals surface area (Å²) < 4.78 is 8.01. The van der Waals surface area contributed by atoms with E-state index in [1.54, 1.807) is 0 Å². The molecule has 0 spiro atoms. The van der Waals surface area contributed by atoms with Gasteiger partial charge in [0.1, 0.15) is 0 Å². The summed E-state index contributed by atoms with van der Waals surface area (Å²) in [6.45, 7) is 12.6. The summed E-state index contributed by atoms with van der Waals surface area (Å²) in [7, 11) is 0. The SMILES string of the molecule is CC(C)(C)NCc1cnn(CC2CCC(C)(C)O2)c1. The lowest BCUT2D eigenvalue weighted by molar-refractivity contribution is -0.0229. The van der Waals surface area contributed by atoms with Crippen molar-refractivity contribution < 1.29 is 4.74 Å². The van der Waals surface area contributed by atoms with Crippen LogP contribution in [0.3, 0.4) is 0 Å². The third kappa shape index (κ3) is 4.62. The minimum absolute atomic E-state index is 0.0362. The molecule has 19 heavy (non-hydrogen) atoms. The number of ether oxygens (including phenoxy) is 1. The molecule has 1 unspecified atom stereocenters. The van der Waals surface area contributed by atoms with E-state index in [4.69, 9.17) is 4.74 Å². The van der Waals surface area contributed by atoms with Gasteiger partial charge in [-0.3, -0.25) is 4.68 Å². The molecule has 0 aromatic carbocycles. The number of hydrogen-bond acceptors (Lipinski definition) is 3. The van der Waals surface area contributed by atoms with Gasteiger partial charge < -0.3 is 10.1 Å². The van der Waals surface area contributed by atoms with Crippen LogP contribution in [0.1, 0.15) is 53.0 Å². The monoisotopic (exact) mass is 265 g/mol. The highest BCUT2D eigenvalue weighted by molar-refractivity contribution is 5.04. The van der Waals surface area contributed by atoms with Crippen LogP contribution in [0.4, 0.5) is 0 Å². The summed E-state index contributed by atoms with van der Waals surface area (Å²) in [5.74, 6) is 0. The molecule has 1 aromatic rings. The van der Waals surface area contributed by atoms with Gasteiger partial charge in [-0.15, -0.1) is 0 Å². The van der Waals surface area contributed by atoms with Gasteiger partial charge in [-0.1, -0.05) is 0 Å². The fraction of sp³-hybridized carbons (Fsp3) is 0.800. The highest BCUT2D eigenvalue weighted by atomic mass is 16.5. The first-order valence-electron chi connectivity index (χ1n) is 7.18. The second-order valence-corrected chi connectivity index (χ2v) is 7.21. The summed E-state index contributed by atoms with van der Waals surface area (Å²) in [4.78, 5) is 0. The van der Waals surface area contributed by atoms with Crippen molar-refractivity contribution in [3.8, 4) is 0 Å². The minimum atomic E-state index is 0.0362. The average Bonchev–Trinajstić information content (AvgIpc) is 2.82. The third-order valence-electron chi connectivity index (χ3n) is 3.45. The fourth-order valence-corrected chi connectivity index (χ4v) is 2.38. The second-order valence-electron chi connectivity index (χ2n) is 7.21. The van der Waals surface area contributed by atoms with Crippen molar-refractivity contribution in [2.24, 2.45) is 0 Å². The highest BCUT2D eigenvalue weighted by Crippen LogP contribution is 2.29. The zero-order valence-corrected chi connectivity index (χ0v) is 12.9. The summed E-state index contributed by atoms with van der Waals surface area (Å²) in [6, 6.07) is 0. The molecule has 1 aliphatic rings. The molecule has 1 aliphatic heterocycles. The van der Waals surface area contributed by atoms with Crippen LogP contribution < -0.4 is 5.32 Å². The number of hydrogen-bond donors (Lipinski definition) is 1.